The van der Waals surface area contributed by atoms with Gasteiger partial charge in [0.2, 0.25) is 5.91 Å². The molecule has 2 aliphatic rings. The van der Waals surface area contributed by atoms with Crippen LogP contribution in [0.1, 0.15) is 60.3 Å². The second-order valence-electron chi connectivity index (χ2n) is 9.28. The van der Waals surface area contributed by atoms with Crippen molar-refractivity contribution in [2.75, 3.05) is 45.8 Å². The lowest BCUT2D eigenvalue weighted by molar-refractivity contribution is -0.135. The van der Waals surface area contributed by atoms with Crippen molar-refractivity contribution in [2.24, 2.45) is 22.7 Å². The van der Waals surface area contributed by atoms with E-state index in [9.17, 15) is 4.79 Å². The molecule has 0 aromatic rings. The quantitative estimate of drug-likeness (QED) is 0.307. The largest absolute Gasteiger partial charge is 0.357 e. The smallest absolute Gasteiger partial charge is 0.225 e. The minimum absolute atomic E-state index is 0. The summed E-state index contributed by atoms with van der Waals surface area (Å²) in [4.78, 5) is 21.7. The van der Waals surface area contributed by atoms with E-state index in [1.165, 1.54) is 32.5 Å². The third kappa shape index (κ3) is 9.40. The first kappa shape index (κ1) is 26.5. The average Bonchev–Trinajstić information content (AvgIpc) is 2.66. The number of piperidine rings is 2. The van der Waals surface area contributed by atoms with E-state index >= 15 is 0 Å². The van der Waals surface area contributed by atoms with Crippen LogP contribution in [0.5, 0.6) is 0 Å². The SMILES string of the molecule is CCNC(=NCC1CCCN(CC(C)C)C1)NC1CCN(C(=O)C(C)C)CC1.I. The highest BCUT2D eigenvalue weighted by molar-refractivity contribution is 14.0. The van der Waals surface area contributed by atoms with Crippen LogP contribution in [0.2, 0.25) is 0 Å². The Kier molecular flexibility index (Phi) is 12.5. The molecule has 2 saturated heterocycles. The van der Waals surface area contributed by atoms with Crippen LogP contribution in [0.3, 0.4) is 0 Å². The molecule has 0 aromatic carbocycles. The maximum absolute atomic E-state index is 12.2. The summed E-state index contributed by atoms with van der Waals surface area (Å²) in [5, 5.41) is 7.03. The number of carbonyl (C=O) groups excluding carboxylic acids is 1. The molecular weight excluding hydrogens is 477 g/mol. The van der Waals surface area contributed by atoms with Crippen LogP contribution in [-0.2, 0) is 4.79 Å². The van der Waals surface area contributed by atoms with Gasteiger partial charge in [0.05, 0.1) is 0 Å². The van der Waals surface area contributed by atoms with Crippen LogP contribution in [0, 0.1) is 17.8 Å². The maximum Gasteiger partial charge on any atom is 0.225 e. The van der Waals surface area contributed by atoms with E-state index in [1.807, 2.05) is 18.7 Å². The molecule has 1 amide bonds. The number of nitrogens with one attached hydrogen (secondary N) is 2. The van der Waals surface area contributed by atoms with E-state index in [1.54, 1.807) is 0 Å². The third-order valence-corrected chi connectivity index (χ3v) is 5.72. The predicted molar refractivity (Wildman–Crippen MR) is 133 cm³/mol. The summed E-state index contributed by atoms with van der Waals surface area (Å²) in [6.07, 6.45) is 4.56. The Bertz CT molecular complexity index is 503. The van der Waals surface area contributed by atoms with Gasteiger partial charge in [0.1, 0.15) is 0 Å². The molecule has 2 rings (SSSR count). The van der Waals surface area contributed by atoms with Crippen molar-refractivity contribution in [3.8, 4) is 0 Å². The number of hydrogen-bond acceptors (Lipinski definition) is 3. The molecule has 2 fully saturated rings. The number of likely N-dealkylation sites (tertiary alicyclic amines) is 2. The maximum atomic E-state index is 12.2. The molecule has 29 heavy (non-hydrogen) atoms. The predicted octanol–water partition coefficient (Wildman–Crippen LogP) is 3.17. The average molecular weight is 522 g/mol. The zero-order valence-electron chi connectivity index (χ0n) is 19.2. The number of rotatable bonds is 7. The molecule has 0 aromatic heterocycles. The van der Waals surface area contributed by atoms with Crippen LogP contribution in [0.4, 0.5) is 0 Å². The van der Waals surface area contributed by atoms with Crippen LogP contribution in [0.25, 0.3) is 0 Å². The highest BCUT2D eigenvalue weighted by atomic mass is 127. The van der Waals surface area contributed by atoms with Gasteiger partial charge in [-0.3, -0.25) is 9.79 Å². The fourth-order valence-electron chi connectivity index (χ4n) is 4.33. The highest BCUT2D eigenvalue weighted by Gasteiger charge is 2.25. The van der Waals surface area contributed by atoms with Gasteiger partial charge >= 0.3 is 0 Å². The lowest BCUT2D eigenvalue weighted by Gasteiger charge is -2.34. The van der Waals surface area contributed by atoms with Crippen LogP contribution >= 0.6 is 24.0 Å². The number of amides is 1. The first-order valence-electron chi connectivity index (χ1n) is 11.4. The first-order valence-corrected chi connectivity index (χ1v) is 11.4. The fraction of sp³-hybridized carbons (Fsp3) is 0.909. The van der Waals surface area contributed by atoms with Gasteiger partial charge in [-0.15, -0.1) is 24.0 Å². The lowest BCUT2D eigenvalue weighted by atomic mass is 9.97. The topological polar surface area (TPSA) is 60.0 Å². The summed E-state index contributed by atoms with van der Waals surface area (Å²) in [7, 11) is 0. The Morgan fingerprint density at radius 2 is 1.79 bits per heavy atom. The minimum Gasteiger partial charge on any atom is -0.357 e. The first-order chi connectivity index (χ1) is 13.4. The monoisotopic (exact) mass is 521 g/mol. The standard InChI is InChI=1S/C22H43N5O.HI/c1-6-23-22(24-14-19-8-7-11-26(16-19)15-17(2)3)25-20-9-12-27(13-10-20)21(28)18(4)5;/h17-20H,6-16H2,1-5H3,(H2,23,24,25);1H. The van der Waals surface area contributed by atoms with E-state index in [0.29, 0.717) is 12.0 Å². The highest BCUT2D eigenvalue weighted by Crippen LogP contribution is 2.18. The Morgan fingerprint density at radius 3 is 2.38 bits per heavy atom. The Morgan fingerprint density at radius 1 is 1.10 bits per heavy atom. The van der Waals surface area contributed by atoms with Crippen molar-refractivity contribution in [1.29, 1.82) is 0 Å². The molecule has 170 valence electrons. The number of nitrogens with zero attached hydrogens (tertiary/aromatic N) is 3. The molecule has 0 radical (unpaired) electrons. The number of carbonyl (C=O) groups is 1. The van der Waals surface area contributed by atoms with Crippen molar-refractivity contribution >= 4 is 35.8 Å². The van der Waals surface area contributed by atoms with Crippen LogP contribution in [0.15, 0.2) is 4.99 Å². The minimum atomic E-state index is 0. The molecule has 2 aliphatic heterocycles. The van der Waals surface area contributed by atoms with E-state index in [0.717, 1.165) is 50.9 Å². The van der Waals surface area contributed by atoms with Crippen molar-refractivity contribution < 1.29 is 4.79 Å². The molecule has 7 heteroatoms. The molecule has 0 bridgehead atoms. The summed E-state index contributed by atoms with van der Waals surface area (Å²) in [6.45, 7) is 17.8. The zero-order chi connectivity index (χ0) is 20.5. The molecule has 0 spiro atoms. The van der Waals surface area contributed by atoms with Crippen molar-refractivity contribution in [2.45, 2.75) is 66.3 Å². The molecule has 6 nitrogen and oxygen atoms in total. The summed E-state index contributed by atoms with van der Waals surface area (Å²) >= 11 is 0. The van der Waals surface area contributed by atoms with Gasteiger partial charge < -0.3 is 20.4 Å². The number of hydrogen-bond donors (Lipinski definition) is 2. The third-order valence-electron chi connectivity index (χ3n) is 5.72. The second kappa shape index (κ2) is 13.7. The fourth-order valence-corrected chi connectivity index (χ4v) is 4.33. The van der Waals surface area contributed by atoms with Gasteiger partial charge in [0.15, 0.2) is 5.96 Å². The van der Waals surface area contributed by atoms with E-state index < -0.39 is 0 Å². The van der Waals surface area contributed by atoms with Crippen molar-refractivity contribution in [1.82, 2.24) is 20.4 Å². The van der Waals surface area contributed by atoms with Gasteiger partial charge in [-0.25, -0.2) is 0 Å². The van der Waals surface area contributed by atoms with Gasteiger partial charge in [0.25, 0.3) is 0 Å². The summed E-state index contributed by atoms with van der Waals surface area (Å²) < 4.78 is 0. The van der Waals surface area contributed by atoms with Gasteiger partial charge in [-0.05, 0) is 51.0 Å². The molecule has 2 heterocycles. The molecule has 1 atom stereocenters. The van der Waals surface area contributed by atoms with Gasteiger partial charge in [0, 0.05) is 51.2 Å². The Balaban J connectivity index is 0.00000420. The number of guanidine groups is 1. The molecule has 0 saturated carbocycles. The Labute approximate surface area is 195 Å². The number of halogens is 1. The summed E-state index contributed by atoms with van der Waals surface area (Å²) in [5.74, 6) is 2.71. The van der Waals surface area contributed by atoms with Crippen molar-refractivity contribution in [3.63, 3.8) is 0 Å². The summed E-state index contributed by atoms with van der Waals surface area (Å²) in [5.41, 5.74) is 0. The van der Waals surface area contributed by atoms with E-state index in [4.69, 9.17) is 4.99 Å². The number of aliphatic imine (C=N–C) groups is 1. The molecular formula is C22H44IN5O. The lowest BCUT2D eigenvalue weighted by Crippen LogP contribution is -2.50. The van der Waals surface area contributed by atoms with E-state index in [2.05, 4.69) is 36.3 Å². The van der Waals surface area contributed by atoms with Crippen LogP contribution in [-0.4, -0.2) is 73.5 Å². The van der Waals surface area contributed by atoms with Crippen LogP contribution < -0.4 is 10.6 Å². The second-order valence-corrected chi connectivity index (χ2v) is 9.28. The Hall–Kier alpha value is -0.570. The van der Waals surface area contributed by atoms with Gasteiger partial charge in [-0.2, -0.15) is 0 Å². The van der Waals surface area contributed by atoms with E-state index in [-0.39, 0.29) is 35.8 Å². The molecule has 1 unspecified atom stereocenters. The molecule has 0 aliphatic carbocycles. The molecule has 2 N–H and O–H groups in total. The van der Waals surface area contributed by atoms with Gasteiger partial charge in [-0.1, -0.05) is 27.7 Å². The summed E-state index contributed by atoms with van der Waals surface area (Å²) in [6, 6.07) is 0.401. The normalized spacial score (nSPS) is 22.0. The van der Waals surface area contributed by atoms with Crippen molar-refractivity contribution in [3.05, 3.63) is 0 Å². The zero-order valence-corrected chi connectivity index (χ0v) is 21.6.